The number of alkyl halides is 3. The van der Waals surface area contributed by atoms with Crippen LogP contribution in [0.25, 0.3) is 0 Å². The summed E-state index contributed by atoms with van der Waals surface area (Å²) in [5.74, 6) is -2.56. The molecule has 0 radical (unpaired) electrons. The Bertz CT molecular complexity index is 780. The molecule has 2 aliphatic rings. The van der Waals surface area contributed by atoms with Gasteiger partial charge in [0.15, 0.2) is 0 Å². The van der Waals surface area contributed by atoms with Gasteiger partial charge in [-0.05, 0) is 31.9 Å². The Morgan fingerprint density at radius 2 is 1.97 bits per heavy atom. The molecular formula is C19H22F3N3O4. The van der Waals surface area contributed by atoms with E-state index in [-0.39, 0.29) is 23.9 Å². The number of hydrogen-bond donors (Lipinski definition) is 1. The molecule has 1 aromatic heterocycles. The fourth-order valence-corrected chi connectivity index (χ4v) is 3.54. The van der Waals surface area contributed by atoms with E-state index in [1.807, 2.05) is 28.9 Å². The Hall–Kier alpha value is -2.91. The highest BCUT2D eigenvalue weighted by Crippen LogP contribution is 2.32. The van der Waals surface area contributed by atoms with Crippen molar-refractivity contribution in [2.24, 2.45) is 0 Å². The lowest BCUT2D eigenvalue weighted by molar-refractivity contribution is -0.192. The first kappa shape index (κ1) is 22.4. The maximum Gasteiger partial charge on any atom is 0.490 e. The molecule has 7 nitrogen and oxygen atoms in total. The minimum atomic E-state index is -5.08. The number of carbonyl (C=O) groups is 3. The van der Waals surface area contributed by atoms with Gasteiger partial charge in [0.2, 0.25) is 5.91 Å². The lowest BCUT2D eigenvalue weighted by atomic mass is 9.96. The van der Waals surface area contributed by atoms with Crippen molar-refractivity contribution in [1.82, 2.24) is 14.8 Å². The number of carbonyl (C=O) groups excluding carboxylic acids is 2. The molecule has 0 saturated carbocycles. The number of pyridine rings is 1. The van der Waals surface area contributed by atoms with Crippen molar-refractivity contribution < 1.29 is 32.7 Å². The Balaban J connectivity index is 0.000000370. The number of rotatable bonds is 3. The quantitative estimate of drug-likeness (QED) is 0.769. The van der Waals surface area contributed by atoms with Gasteiger partial charge in [-0.2, -0.15) is 13.2 Å². The number of aromatic nitrogens is 1. The van der Waals surface area contributed by atoms with Crippen molar-refractivity contribution in [3.8, 4) is 0 Å². The second kappa shape index (κ2) is 9.06. The van der Waals surface area contributed by atoms with Crippen molar-refractivity contribution in [3.05, 3.63) is 42.2 Å². The van der Waals surface area contributed by atoms with Crippen molar-refractivity contribution in [2.45, 2.75) is 44.4 Å². The number of nitrogens with zero attached hydrogens (tertiary/aromatic N) is 3. The summed E-state index contributed by atoms with van der Waals surface area (Å²) in [5.41, 5.74) is 1.52. The van der Waals surface area contributed by atoms with Gasteiger partial charge in [0, 0.05) is 31.4 Å². The van der Waals surface area contributed by atoms with Crippen LogP contribution >= 0.6 is 0 Å². The standard InChI is InChI=1S/C17H21N3O2.C2HF3O2/c1-3-9-19-15-8-10-20(14(15)6-7-16(19)21)17(22)13-5-4-12(2)18-11-13;3-2(4,5)1(6)7/h3-5,11,14-15H,1,6-10H2,2H3;(H,6,7)/t14-,15-;/m0./s1. The zero-order chi connectivity index (χ0) is 21.8. The number of aliphatic carboxylic acids is 1. The van der Waals surface area contributed by atoms with Gasteiger partial charge >= 0.3 is 12.1 Å². The molecule has 0 bridgehead atoms. The number of aryl methyl sites for hydroxylation is 1. The van der Waals surface area contributed by atoms with Gasteiger partial charge in [0.25, 0.3) is 5.91 Å². The van der Waals surface area contributed by atoms with E-state index in [0.29, 0.717) is 25.1 Å². The molecule has 10 heteroatoms. The van der Waals surface area contributed by atoms with Crippen LogP contribution in [-0.2, 0) is 9.59 Å². The number of hydrogen-bond acceptors (Lipinski definition) is 4. The molecule has 2 aliphatic heterocycles. The number of halogens is 3. The van der Waals surface area contributed by atoms with Crippen LogP contribution in [0.2, 0.25) is 0 Å². The Kier molecular flexibility index (Phi) is 6.99. The summed E-state index contributed by atoms with van der Waals surface area (Å²) < 4.78 is 31.7. The first-order chi connectivity index (χ1) is 13.6. The van der Waals surface area contributed by atoms with Crippen molar-refractivity contribution in [2.75, 3.05) is 13.1 Å². The summed E-state index contributed by atoms with van der Waals surface area (Å²) in [6, 6.07) is 3.93. The van der Waals surface area contributed by atoms with Crippen molar-refractivity contribution in [1.29, 1.82) is 0 Å². The molecule has 2 amide bonds. The Labute approximate surface area is 165 Å². The number of likely N-dealkylation sites (tertiary alicyclic amines) is 2. The molecule has 1 N–H and O–H groups in total. The maximum atomic E-state index is 12.7. The number of amides is 2. The predicted octanol–water partition coefficient (Wildman–Crippen LogP) is 2.41. The van der Waals surface area contributed by atoms with Gasteiger partial charge in [-0.15, -0.1) is 6.58 Å². The van der Waals surface area contributed by atoms with Gasteiger partial charge in [-0.1, -0.05) is 6.08 Å². The molecule has 0 aliphatic carbocycles. The third kappa shape index (κ3) is 5.33. The molecule has 0 unspecified atom stereocenters. The summed E-state index contributed by atoms with van der Waals surface area (Å²) >= 11 is 0. The highest BCUT2D eigenvalue weighted by Gasteiger charge is 2.44. The smallest absolute Gasteiger partial charge is 0.475 e. The summed E-state index contributed by atoms with van der Waals surface area (Å²) in [4.78, 5) is 41.7. The van der Waals surface area contributed by atoms with Crippen molar-refractivity contribution >= 4 is 17.8 Å². The van der Waals surface area contributed by atoms with Gasteiger partial charge < -0.3 is 14.9 Å². The average Bonchev–Trinajstić information content (AvgIpc) is 3.08. The normalized spacial score (nSPS) is 21.2. The van der Waals surface area contributed by atoms with Crippen LogP contribution in [-0.4, -0.2) is 69.0 Å². The zero-order valence-electron chi connectivity index (χ0n) is 15.9. The van der Waals surface area contributed by atoms with Crippen LogP contribution in [0.1, 0.15) is 35.3 Å². The molecule has 1 aromatic rings. The minimum absolute atomic E-state index is 0.0212. The minimum Gasteiger partial charge on any atom is -0.475 e. The predicted molar refractivity (Wildman–Crippen MR) is 97.0 cm³/mol. The molecule has 0 spiro atoms. The molecule has 2 fully saturated rings. The van der Waals surface area contributed by atoms with Crippen LogP contribution in [0.3, 0.4) is 0 Å². The van der Waals surface area contributed by atoms with E-state index in [0.717, 1.165) is 18.5 Å². The Morgan fingerprint density at radius 3 is 2.48 bits per heavy atom. The van der Waals surface area contributed by atoms with E-state index in [2.05, 4.69) is 11.6 Å². The number of piperidine rings is 1. The van der Waals surface area contributed by atoms with Gasteiger partial charge in [-0.25, -0.2) is 4.79 Å². The van der Waals surface area contributed by atoms with Gasteiger partial charge in [-0.3, -0.25) is 14.6 Å². The fourth-order valence-electron chi connectivity index (χ4n) is 3.54. The third-order valence-electron chi connectivity index (χ3n) is 4.87. The molecule has 3 rings (SSSR count). The molecule has 0 aromatic carbocycles. The van der Waals surface area contributed by atoms with Gasteiger partial charge in [0.05, 0.1) is 17.6 Å². The lowest BCUT2D eigenvalue weighted by Gasteiger charge is -2.39. The van der Waals surface area contributed by atoms with E-state index < -0.39 is 12.1 Å². The number of carboxylic acid groups (broad SMARTS) is 1. The molecule has 158 valence electrons. The van der Waals surface area contributed by atoms with Crippen LogP contribution in [0.15, 0.2) is 31.0 Å². The van der Waals surface area contributed by atoms with E-state index in [1.54, 1.807) is 12.3 Å². The SMILES string of the molecule is C=CCN1C(=O)CC[C@H]2[C@@H]1CCN2C(=O)c1ccc(C)nc1.O=C(O)C(F)(F)F. The van der Waals surface area contributed by atoms with E-state index in [4.69, 9.17) is 9.90 Å². The topological polar surface area (TPSA) is 90.8 Å². The fraction of sp³-hybridized carbons (Fsp3) is 0.474. The maximum absolute atomic E-state index is 12.7. The van der Waals surface area contributed by atoms with Crippen LogP contribution in [0.5, 0.6) is 0 Å². The lowest BCUT2D eigenvalue weighted by Crippen LogP contribution is -2.53. The molecule has 2 saturated heterocycles. The first-order valence-electron chi connectivity index (χ1n) is 9.00. The van der Waals surface area contributed by atoms with Crippen LogP contribution in [0, 0.1) is 6.92 Å². The second-order valence-electron chi connectivity index (χ2n) is 6.79. The Morgan fingerprint density at radius 1 is 1.31 bits per heavy atom. The molecule has 2 atom stereocenters. The summed E-state index contributed by atoms with van der Waals surface area (Å²) in [7, 11) is 0. The molecular weight excluding hydrogens is 391 g/mol. The van der Waals surface area contributed by atoms with E-state index in [1.165, 1.54) is 0 Å². The van der Waals surface area contributed by atoms with E-state index in [9.17, 15) is 22.8 Å². The van der Waals surface area contributed by atoms with E-state index >= 15 is 0 Å². The van der Waals surface area contributed by atoms with Crippen molar-refractivity contribution in [3.63, 3.8) is 0 Å². The summed E-state index contributed by atoms with van der Waals surface area (Å²) in [6.07, 6.45) is 0.414. The largest absolute Gasteiger partial charge is 0.490 e. The summed E-state index contributed by atoms with van der Waals surface area (Å²) in [6.45, 7) is 6.89. The average molecular weight is 413 g/mol. The first-order valence-corrected chi connectivity index (χ1v) is 9.00. The van der Waals surface area contributed by atoms with Crippen LogP contribution < -0.4 is 0 Å². The highest BCUT2D eigenvalue weighted by molar-refractivity contribution is 5.94. The second-order valence-corrected chi connectivity index (χ2v) is 6.79. The monoisotopic (exact) mass is 413 g/mol. The summed E-state index contributed by atoms with van der Waals surface area (Å²) in [5, 5.41) is 7.12. The van der Waals surface area contributed by atoms with Crippen LogP contribution in [0.4, 0.5) is 13.2 Å². The molecule has 3 heterocycles. The number of carboxylic acids is 1. The third-order valence-corrected chi connectivity index (χ3v) is 4.87. The highest BCUT2D eigenvalue weighted by atomic mass is 19.4. The number of fused-ring (bicyclic) bond motifs is 1. The zero-order valence-corrected chi connectivity index (χ0v) is 15.9. The van der Waals surface area contributed by atoms with Gasteiger partial charge in [0.1, 0.15) is 0 Å². The molecule has 29 heavy (non-hydrogen) atoms.